The first-order valence-corrected chi connectivity index (χ1v) is 7.29. The number of anilines is 1. The first kappa shape index (κ1) is 13.2. The van der Waals surface area contributed by atoms with Crippen LogP contribution in [0.5, 0.6) is 0 Å². The van der Waals surface area contributed by atoms with Crippen molar-refractivity contribution in [3.63, 3.8) is 0 Å². The number of piperidine rings is 1. The Morgan fingerprint density at radius 3 is 2.75 bits per heavy atom. The SMILES string of the molecule is CC(C)c1ccc2c(c1)CCN2C1CCC(=O)NC1=O. The minimum Gasteiger partial charge on any atom is -0.359 e. The van der Waals surface area contributed by atoms with Crippen LogP contribution in [0.4, 0.5) is 5.69 Å². The Labute approximate surface area is 119 Å². The maximum Gasteiger partial charge on any atom is 0.249 e. The van der Waals surface area contributed by atoms with E-state index >= 15 is 0 Å². The van der Waals surface area contributed by atoms with Crippen molar-refractivity contribution in [1.82, 2.24) is 5.32 Å². The summed E-state index contributed by atoms with van der Waals surface area (Å²) in [5.41, 5.74) is 3.82. The highest BCUT2D eigenvalue weighted by Crippen LogP contribution is 2.33. The molecule has 20 heavy (non-hydrogen) atoms. The van der Waals surface area contributed by atoms with Gasteiger partial charge in [-0.25, -0.2) is 0 Å². The van der Waals surface area contributed by atoms with Crippen molar-refractivity contribution in [2.75, 3.05) is 11.4 Å². The first-order chi connectivity index (χ1) is 9.56. The minimum atomic E-state index is -0.196. The van der Waals surface area contributed by atoms with Crippen LogP contribution in [0, 0.1) is 0 Å². The Hall–Kier alpha value is -1.84. The summed E-state index contributed by atoms with van der Waals surface area (Å²) < 4.78 is 0. The van der Waals surface area contributed by atoms with E-state index in [1.165, 1.54) is 11.1 Å². The third-order valence-corrected chi connectivity index (χ3v) is 4.29. The highest BCUT2D eigenvalue weighted by molar-refractivity contribution is 6.01. The number of nitrogens with one attached hydrogen (secondary N) is 1. The van der Waals surface area contributed by atoms with Crippen LogP contribution in [0.1, 0.15) is 43.7 Å². The number of benzene rings is 1. The second-order valence-corrected chi connectivity index (χ2v) is 5.95. The second-order valence-electron chi connectivity index (χ2n) is 5.95. The minimum absolute atomic E-state index is 0.151. The molecule has 2 heterocycles. The van der Waals surface area contributed by atoms with Crippen LogP contribution in [0.2, 0.25) is 0 Å². The van der Waals surface area contributed by atoms with Crippen LogP contribution in [0.15, 0.2) is 18.2 Å². The van der Waals surface area contributed by atoms with E-state index in [4.69, 9.17) is 0 Å². The monoisotopic (exact) mass is 272 g/mol. The van der Waals surface area contributed by atoms with Gasteiger partial charge in [0.1, 0.15) is 6.04 Å². The Morgan fingerprint density at radius 1 is 1.25 bits per heavy atom. The van der Waals surface area contributed by atoms with E-state index in [-0.39, 0.29) is 17.9 Å². The van der Waals surface area contributed by atoms with Crippen LogP contribution < -0.4 is 10.2 Å². The van der Waals surface area contributed by atoms with Gasteiger partial charge in [0.15, 0.2) is 0 Å². The largest absolute Gasteiger partial charge is 0.359 e. The molecule has 4 heteroatoms. The molecule has 1 aromatic carbocycles. The quantitative estimate of drug-likeness (QED) is 0.838. The van der Waals surface area contributed by atoms with Crippen LogP contribution in [0.25, 0.3) is 0 Å². The number of hydrogen-bond donors (Lipinski definition) is 1. The normalized spacial score (nSPS) is 22.1. The number of fused-ring (bicyclic) bond motifs is 1. The van der Waals surface area contributed by atoms with Gasteiger partial charge in [-0.3, -0.25) is 14.9 Å². The summed E-state index contributed by atoms with van der Waals surface area (Å²) in [7, 11) is 0. The summed E-state index contributed by atoms with van der Waals surface area (Å²) in [5, 5.41) is 2.45. The van der Waals surface area contributed by atoms with Crippen LogP contribution >= 0.6 is 0 Å². The number of rotatable bonds is 2. The Morgan fingerprint density at radius 2 is 2.05 bits per heavy atom. The van der Waals surface area contributed by atoms with E-state index < -0.39 is 0 Å². The first-order valence-electron chi connectivity index (χ1n) is 7.29. The standard InChI is InChI=1S/C16H20N2O2/c1-10(2)11-3-4-13-12(9-11)7-8-18(13)14-5-6-15(19)17-16(14)20/h3-4,9-10,14H,5-8H2,1-2H3,(H,17,19,20). The smallest absolute Gasteiger partial charge is 0.249 e. The fourth-order valence-electron chi connectivity index (χ4n) is 3.11. The van der Waals surface area contributed by atoms with E-state index in [9.17, 15) is 9.59 Å². The average Bonchev–Trinajstić information content (AvgIpc) is 2.81. The molecule has 0 aromatic heterocycles. The van der Waals surface area contributed by atoms with E-state index in [0.717, 1.165) is 18.7 Å². The highest BCUT2D eigenvalue weighted by atomic mass is 16.2. The fourth-order valence-corrected chi connectivity index (χ4v) is 3.11. The summed E-state index contributed by atoms with van der Waals surface area (Å²) in [4.78, 5) is 25.4. The summed E-state index contributed by atoms with van der Waals surface area (Å²) in [6.45, 7) is 5.24. The summed E-state index contributed by atoms with van der Waals surface area (Å²) in [5.74, 6) is 0.216. The molecule has 1 atom stereocenters. The molecule has 2 aliphatic heterocycles. The molecular weight excluding hydrogens is 252 g/mol. The Kier molecular flexibility index (Phi) is 3.24. The Bertz CT molecular complexity index is 566. The fraction of sp³-hybridized carbons (Fsp3) is 0.500. The molecule has 0 bridgehead atoms. The summed E-state index contributed by atoms with van der Waals surface area (Å²) in [6.07, 6.45) is 2.04. The Balaban J connectivity index is 1.86. The van der Waals surface area contributed by atoms with Crippen LogP contribution in [0.3, 0.4) is 0 Å². The molecule has 106 valence electrons. The van der Waals surface area contributed by atoms with Crippen LogP contribution in [-0.2, 0) is 16.0 Å². The lowest BCUT2D eigenvalue weighted by Gasteiger charge is -2.31. The van der Waals surface area contributed by atoms with Crippen molar-refractivity contribution in [3.8, 4) is 0 Å². The van der Waals surface area contributed by atoms with Gasteiger partial charge >= 0.3 is 0 Å². The van der Waals surface area contributed by atoms with Crippen molar-refractivity contribution >= 4 is 17.5 Å². The van der Waals surface area contributed by atoms with Gasteiger partial charge in [-0.1, -0.05) is 26.0 Å². The third kappa shape index (κ3) is 2.19. The maximum absolute atomic E-state index is 12.0. The molecule has 1 unspecified atom stereocenters. The lowest BCUT2D eigenvalue weighted by molar-refractivity contribution is -0.134. The molecule has 4 nitrogen and oxygen atoms in total. The van der Waals surface area contributed by atoms with E-state index in [2.05, 4.69) is 42.3 Å². The zero-order valence-electron chi connectivity index (χ0n) is 12.0. The lowest BCUT2D eigenvalue weighted by Crippen LogP contribution is -2.52. The molecule has 0 radical (unpaired) electrons. The average molecular weight is 272 g/mol. The number of amides is 2. The molecule has 0 aliphatic carbocycles. The third-order valence-electron chi connectivity index (χ3n) is 4.29. The number of hydrogen-bond acceptors (Lipinski definition) is 3. The lowest BCUT2D eigenvalue weighted by atomic mass is 9.99. The van der Waals surface area contributed by atoms with Crippen LogP contribution in [-0.4, -0.2) is 24.4 Å². The summed E-state index contributed by atoms with van der Waals surface area (Å²) in [6, 6.07) is 6.33. The molecule has 0 spiro atoms. The molecule has 2 aliphatic rings. The van der Waals surface area contributed by atoms with Gasteiger partial charge in [-0.05, 0) is 36.0 Å². The van der Waals surface area contributed by atoms with Gasteiger partial charge in [0.2, 0.25) is 11.8 Å². The molecule has 1 fully saturated rings. The van der Waals surface area contributed by atoms with Crippen molar-refractivity contribution in [2.45, 2.75) is 45.1 Å². The van der Waals surface area contributed by atoms with Crippen molar-refractivity contribution in [2.24, 2.45) is 0 Å². The molecule has 2 amide bonds. The van der Waals surface area contributed by atoms with Gasteiger partial charge in [0.05, 0.1) is 0 Å². The van der Waals surface area contributed by atoms with Crippen molar-refractivity contribution < 1.29 is 9.59 Å². The van der Waals surface area contributed by atoms with Gasteiger partial charge in [0, 0.05) is 18.7 Å². The maximum atomic E-state index is 12.0. The molecule has 1 N–H and O–H groups in total. The molecule has 1 aromatic rings. The zero-order valence-corrected chi connectivity index (χ0v) is 12.0. The van der Waals surface area contributed by atoms with E-state index in [1.54, 1.807) is 0 Å². The zero-order chi connectivity index (χ0) is 14.3. The predicted octanol–water partition coefficient (Wildman–Crippen LogP) is 1.98. The van der Waals surface area contributed by atoms with Crippen molar-refractivity contribution in [3.05, 3.63) is 29.3 Å². The predicted molar refractivity (Wildman–Crippen MR) is 77.8 cm³/mol. The number of imide groups is 1. The second kappa shape index (κ2) is 4.93. The molecule has 0 saturated carbocycles. The van der Waals surface area contributed by atoms with Gasteiger partial charge in [0.25, 0.3) is 0 Å². The summed E-state index contributed by atoms with van der Waals surface area (Å²) >= 11 is 0. The van der Waals surface area contributed by atoms with Gasteiger partial charge in [-0.2, -0.15) is 0 Å². The number of nitrogens with zero attached hydrogens (tertiary/aromatic N) is 1. The van der Waals surface area contributed by atoms with E-state index in [1.807, 2.05) is 0 Å². The highest BCUT2D eigenvalue weighted by Gasteiger charge is 2.34. The molecular formula is C16H20N2O2. The molecule has 3 rings (SSSR count). The molecule has 1 saturated heterocycles. The number of carbonyl (C=O) groups excluding carboxylic acids is 2. The van der Waals surface area contributed by atoms with Gasteiger partial charge < -0.3 is 4.90 Å². The topological polar surface area (TPSA) is 49.4 Å². The van der Waals surface area contributed by atoms with Gasteiger partial charge in [-0.15, -0.1) is 0 Å². The van der Waals surface area contributed by atoms with Crippen molar-refractivity contribution in [1.29, 1.82) is 0 Å². The number of carbonyl (C=O) groups is 2. The van der Waals surface area contributed by atoms with E-state index in [0.29, 0.717) is 18.8 Å².